The third kappa shape index (κ3) is 4.42. The zero-order chi connectivity index (χ0) is 12.8. The summed E-state index contributed by atoms with van der Waals surface area (Å²) in [7, 11) is 0. The second kappa shape index (κ2) is 5.74. The molecule has 1 atom stereocenters. The van der Waals surface area contributed by atoms with Crippen molar-refractivity contribution in [2.75, 3.05) is 5.73 Å². The van der Waals surface area contributed by atoms with Crippen LogP contribution in [-0.4, -0.2) is 28.3 Å². The Morgan fingerprint density at radius 3 is 2.29 bits per heavy atom. The highest BCUT2D eigenvalue weighted by molar-refractivity contribution is 5.74. The van der Waals surface area contributed by atoms with Gasteiger partial charge in [0.25, 0.3) is 0 Å². The Morgan fingerprint density at radius 2 is 1.82 bits per heavy atom. The lowest BCUT2D eigenvalue weighted by molar-refractivity contribution is -0.146. The van der Waals surface area contributed by atoms with Gasteiger partial charge in [0.1, 0.15) is 5.75 Å². The van der Waals surface area contributed by atoms with E-state index in [1.54, 1.807) is 12.1 Å². The van der Waals surface area contributed by atoms with E-state index >= 15 is 0 Å². The number of ether oxygens (including phenoxy) is 1. The van der Waals surface area contributed by atoms with E-state index in [-0.39, 0.29) is 12.8 Å². The molecule has 0 saturated carbocycles. The molecule has 0 aliphatic rings. The highest BCUT2D eigenvalue weighted by Crippen LogP contribution is 2.16. The fourth-order valence-corrected chi connectivity index (χ4v) is 1.20. The van der Waals surface area contributed by atoms with Gasteiger partial charge in [0, 0.05) is 18.5 Å². The summed E-state index contributed by atoms with van der Waals surface area (Å²) in [5, 5.41) is 17.3. The summed E-state index contributed by atoms with van der Waals surface area (Å²) < 4.78 is 5.16. The summed E-state index contributed by atoms with van der Waals surface area (Å²) in [6, 6.07) is 6.22. The Hall–Kier alpha value is -2.24. The molecule has 1 aromatic carbocycles. The molecular weight excluding hydrogens is 226 g/mol. The van der Waals surface area contributed by atoms with E-state index in [0.29, 0.717) is 11.4 Å². The van der Waals surface area contributed by atoms with Crippen LogP contribution in [0.3, 0.4) is 0 Å². The molecule has 0 aliphatic carbocycles. The van der Waals surface area contributed by atoms with Gasteiger partial charge in [0.15, 0.2) is 6.10 Å². The largest absolute Gasteiger partial charge is 0.481 e. The maximum Gasteiger partial charge on any atom is 0.344 e. The fraction of sp³-hybridized carbons (Fsp3) is 0.273. The molecule has 0 amide bonds. The lowest BCUT2D eigenvalue weighted by Gasteiger charge is -2.14. The van der Waals surface area contributed by atoms with E-state index in [0.717, 1.165) is 0 Å². The molecule has 0 heterocycles. The van der Waals surface area contributed by atoms with Crippen LogP contribution in [0.5, 0.6) is 5.75 Å². The predicted octanol–water partition coefficient (Wildman–Crippen LogP) is 0.966. The SMILES string of the molecule is Nc1ccc(OC(CCC(=O)O)C(=O)O)cc1. The molecule has 0 spiro atoms. The first-order valence-electron chi connectivity index (χ1n) is 4.96. The maximum absolute atomic E-state index is 10.8. The molecule has 0 bridgehead atoms. The molecule has 0 aliphatic heterocycles. The van der Waals surface area contributed by atoms with Gasteiger partial charge in [-0.3, -0.25) is 4.79 Å². The number of carboxylic acids is 2. The minimum atomic E-state index is -1.19. The average Bonchev–Trinajstić information content (AvgIpc) is 2.26. The lowest BCUT2D eigenvalue weighted by atomic mass is 10.2. The van der Waals surface area contributed by atoms with Crippen LogP contribution in [0.4, 0.5) is 5.69 Å². The van der Waals surface area contributed by atoms with Crippen LogP contribution in [0.2, 0.25) is 0 Å². The van der Waals surface area contributed by atoms with Crippen molar-refractivity contribution in [2.24, 2.45) is 0 Å². The van der Waals surface area contributed by atoms with Crippen molar-refractivity contribution in [3.63, 3.8) is 0 Å². The maximum atomic E-state index is 10.8. The van der Waals surface area contributed by atoms with Crippen LogP contribution >= 0.6 is 0 Å². The molecule has 6 heteroatoms. The Bertz CT molecular complexity index is 401. The quantitative estimate of drug-likeness (QED) is 0.638. The van der Waals surface area contributed by atoms with Gasteiger partial charge in [0.2, 0.25) is 0 Å². The highest BCUT2D eigenvalue weighted by atomic mass is 16.5. The molecule has 0 saturated heterocycles. The highest BCUT2D eigenvalue weighted by Gasteiger charge is 2.20. The van der Waals surface area contributed by atoms with E-state index in [4.69, 9.17) is 20.7 Å². The molecule has 6 nitrogen and oxygen atoms in total. The lowest BCUT2D eigenvalue weighted by Crippen LogP contribution is -2.27. The molecule has 1 rings (SSSR count). The van der Waals surface area contributed by atoms with Gasteiger partial charge >= 0.3 is 11.9 Å². The Balaban J connectivity index is 2.63. The summed E-state index contributed by atoms with van der Waals surface area (Å²) >= 11 is 0. The molecule has 17 heavy (non-hydrogen) atoms. The van der Waals surface area contributed by atoms with Gasteiger partial charge in [-0.1, -0.05) is 0 Å². The molecule has 0 radical (unpaired) electrons. The third-order valence-corrected chi connectivity index (χ3v) is 2.05. The Labute approximate surface area is 97.6 Å². The van der Waals surface area contributed by atoms with Gasteiger partial charge in [-0.25, -0.2) is 4.79 Å². The molecule has 92 valence electrons. The number of anilines is 1. The van der Waals surface area contributed by atoms with Crippen LogP contribution < -0.4 is 10.5 Å². The molecule has 1 unspecified atom stereocenters. The van der Waals surface area contributed by atoms with Gasteiger partial charge in [0.05, 0.1) is 0 Å². The minimum absolute atomic E-state index is 0.0883. The van der Waals surface area contributed by atoms with E-state index in [1.807, 2.05) is 0 Å². The minimum Gasteiger partial charge on any atom is -0.481 e. The van der Waals surface area contributed by atoms with Crippen molar-refractivity contribution in [1.29, 1.82) is 0 Å². The number of carbonyl (C=O) groups is 2. The first kappa shape index (κ1) is 12.8. The molecule has 0 aromatic heterocycles. The smallest absolute Gasteiger partial charge is 0.344 e. The summed E-state index contributed by atoms with van der Waals surface area (Å²) in [4.78, 5) is 21.2. The summed E-state index contributed by atoms with van der Waals surface area (Å²) in [5.41, 5.74) is 6.00. The number of benzene rings is 1. The van der Waals surface area contributed by atoms with E-state index in [1.165, 1.54) is 12.1 Å². The first-order valence-corrected chi connectivity index (χ1v) is 4.96. The van der Waals surface area contributed by atoms with E-state index in [9.17, 15) is 9.59 Å². The van der Waals surface area contributed by atoms with Crippen LogP contribution in [-0.2, 0) is 9.59 Å². The molecule has 1 aromatic rings. The standard InChI is InChI=1S/C11H13NO5/c12-7-1-3-8(4-2-7)17-9(11(15)16)5-6-10(13)14/h1-4,9H,5-6,12H2,(H,13,14)(H,15,16). The monoisotopic (exact) mass is 239 g/mol. The van der Waals surface area contributed by atoms with Crippen molar-refractivity contribution in [3.05, 3.63) is 24.3 Å². The number of nitrogens with two attached hydrogens (primary N) is 1. The van der Waals surface area contributed by atoms with Gasteiger partial charge < -0.3 is 20.7 Å². The second-order valence-corrected chi connectivity index (χ2v) is 3.45. The fourth-order valence-electron chi connectivity index (χ4n) is 1.20. The number of aliphatic carboxylic acids is 2. The Morgan fingerprint density at radius 1 is 1.24 bits per heavy atom. The summed E-state index contributed by atoms with van der Waals surface area (Å²) in [6.07, 6.45) is -1.52. The molecule has 4 N–H and O–H groups in total. The van der Waals surface area contributed by atoms with Crippen molar-refractivity contribution < 1.29 is 24.5 Å². The van der Waals surface area contributed by atoms with Gasteiger partial charge in [-0.2, -0.15) is 0 Å². The number of carboxylic acid groups (broad SMARTS) is 2. The Kier molecular flexibility index (Phi) is 4.33. The number of rotatable bonds is 6. The first-order chi connectivity index (χ1) is 7.99. The second-order valence-electron chi connectivity index (χ2n) is 3.45. The van der Waals surface area contributed by atoms with Crippen LogP contribution in [0.1, 0.15) is 12.8 Å². The number of hydrogen-bond donors (Lipinski definition) is 3. The summed E-state index contributed by atoms with van der Waals surface area (Å²) in [5.74, 6) is -1.91. The zero-order valence-electron chi connectivity index (χ0n) is 9.00. The topological polar surface area (TPSA) is 110 Å². The number of hydrogen-bond acceptors (Lipinski definition) is 4. The average molecular weight is 239 g/mol. The molecule has 0 fully saturated rings. The van der Waals surface area contributed by atoms with Crippen molar-refractivity contribution in [1.82, 2.24) is 0 Å². The van der Waals surface area contributed by atoms with Gasteiger partial charge in [-0.05, 0) is 24.3 Å². The van der Waals surface area contributed by atoms with Gasteiger partial charge in [-0.15, -0.1) is 0 Å². The van der Waals surface area contributed by atoms with E-state index in [2.05, 4.69) is 0 Å². The van der Waals surface area contributed by atoms with Crippen molar-refractivity contribution in [2.45, 2.75) is 18.9 Å². The van der Waals surface area contributed by atoms with Crippen LogP contribution in [0, 0.1) is 0 Å². The predicted molar refractivity (Wildman–Crippen MR) is 59.8 cm³/mol. The van der Waals surface area contributed by atoms with Crippen molar-refractivity contribution in [3.8, 4) is 5.75 Å². The number of nitrogen functional groups attached to an aromatic ring is 1. The normalized spacial score (nSPS) is 11.8. The van der Waals surface area contributed by atoms with Crippen LogP contribution in [0.25, 0.3) is 0 Å². The third-order valence-electron chi connectivity index (χ3n) is 2.05. The van der Waals surface area contributed by atoms with E-state index < -0.39 is 18.0 Å². The zero-order valence-corrected chi connectivity index (χ0v) is 9.00. The summed E-state index contributed by atoms with van der Waals surface area (Å²) in [6.45, 7) is 0. The van der Waals surface area contributed by atoms with Crippen LogP contribution in [0.15, 0.2) is 24.3 Å². The van der Waals surface area contributed by atoms with Crippen molar-refractivity contribution >= 4 is 17.6 Å². The molecular formula is C11H13NO5.